The number of carboxylic acids is 1. The van der Waals surface area contributed by atoms with Crippen LogP contribution in [0.2, 0.25) is 0 Å². The first-order valence-electron chi connectivity index (χ1n) is 16.7. The number of aromatic nitrogens is 1. The Morgan fingerprint density at radius 3 is 1.96 bits per heavy atom. The minimum absolute atomic E-state index is 0.216. The van der Waals surface area contributed by atoms with Crippen LogP contribution in [0.15, 0.2) is 103 Å². The summed E-state index contributed by atoms with van der Waals surface area (Å²) in [5.41, 5.74) is 3.82. The molecular weight excluding hydrogens is 634 g/mol. The number of nitrogens with one attached hydrogen (secondary N) is 5. The molecule has 0 spiro atoms. The predicted octanol–water partition coefficient (Wildman–Crippen LogP) is 3.81. The molecule has 4 aromatic carbocycles. The van der Waals surface area contributed by atoms with Crippen molar-refractivity contribution in [2.75, 3.05) is 13.1 Å². The third-order valence-electron chi connectivity index (χ3n) is 8.44. The number of amides is 4. The average Bonchev–Trinajstić information content (AvgIpc) is 3.53. The van der Waals surface area contributed by atoms with E-state index in [0.29, 0.717) is 19.4 Å². The van der Waals surface area contributed by atoms with Crippen molar-refractivity contribution in [3.8, 4) is 0 Å². The maximum Gasteiger partial charge on any atom is 0.305 e. The summed E-state index contributed by atoms with van der Waals surface area (Å²) in [6.07, 6.45) is 1.99. The van der Waals surface area contributed by atoms with Gasteiger partial charge < -0.3 is 31.4 Å². The lowest BCUT2D eigenvalue weighted by Crippen LogP contribution is -2.49. The van der Waals surface area contributed by atoms with Crippen LogP contribution in [0.3, 0.4) is 0 Å². The fourth-order valence-electron chi connectivity index (χ4n) is 5.82. The molecule has 2 atom stereocenters. The number of carbonyl (C=O) groups excluding carboxylic acids is 4. The first kappa shape index (κ1) is 35.3. The van der Waals surface area contributed by atoms with Gasteiger partial charge in [0.05, 0.1) is 6.42 Å². The Kier molecular flexibility index (Phi) is 12.3. The Hall–Kier alpha value is -5.97. The quantitative estimate of drug-likeness (QED) is 0.0876. The predicted molar refractivity (Wildman–Crippen MR) is 191 cm³/mol. The summed E-state index contributed by atoms with van der Waals surface area (Å²) >= 11 is 0. The van der Waals surface area contributed by atoms with E-state index in [1.165, 1.54) is 0 Å². The highest BCUT2D eigenvalue weighted by atomic mass is 16.4. The Balaban J connectivity index is 1.16. The van der Waals surface area contributed by atoms with Crippen molar-refractivity contribution in [1.82, 2.24) is 26.3 Å². The van der Waals surface area contributed by atoms with Gasteiger partial charge in [-0.2, -0.15) is 0 Å². The summed E-state index contributed by atoms with van der Waals surface area (Å²) < 4.78 is 0. The van der Waals surface area contributed by atoms with Crippen molar-refractivity contribution >= 4 is 51.3 Å². The third kappa shape index (κ3) is 10.3. The zero-order chi connectivity index (χ0) is 35.3. The summed E-state index contributed by atoms with van der Waals surface area (Å²) in [4.78, 5) is 66.7. The average molecular weight is 676 g/mol. The first-order valence-corrected chi connectivity index (χ1v) is 16.7. The second kappa shape index (κ2) is 17.4. The van der Waals surface area contributed by atoms with E-state index in [1.807, 2.05) is 97.2 Å². The standard InChI is InChI=1S/C39H41N5O6/c45-35(16-17-36(46)44-34(24-37(47)48)39(50)40-20-18-26-8-2-1-3-9-26)43-33(23-30-25-42-32-13-7-6-12-31(30)32)38(49)41-21-19-27-14-15-28-10-4-5-11-29(28)22-27/h1-15,22,25,33-34,42H,16-21,23-24H2,(H,40,50)(H,41,49)(H,43,45)(H,44,46)(H,47,48)/t33-,34+/m0/s1. The lowest BCUT2D eigenvalue weighted by Gasteiger charge is -2.19. The van der Waals surface area contributed by atoms with Crippen molar-refractivity contribution < 1.29 is 29.1 Å². The van der Waals surface area contributed by atoms with Gasteiger partial charge in [-0.25, -0.2) is 0 Å². The smallest absolute Gasteiger partial charge is 0.305 e. The number of carboxylic acid groups (broad SMARTS) is 1. The van der Waals surface area contributed by atoms with Gasteiger partial charge in [0.15, 0.2) is 0 Å². The summed E-state index contributed by atoms with van der Waals surface area (Å²) in [5, 5.41) is 23.3. The second-order valence-corrected chi connectivity index (χ2v) is 12.2. The first-order chi connectivity index (χ1) is 24.2. The molecule has 0 radical (unpaired) electrons. The minimum atomic E-state index is -1.30. The van der Waals surface area contributed by atoms with Crippen LogP contribution < -0.4 is 21.3 Å². The number of carbonyl (C=O) groups is 5. The van der Waals surface area contributed by atoms with Gasteiger partial charge in [0.2, 0.25) is 23.6 Å². The molecule has 0 aliphatic rings. The van der Waals surface area contributed by atoms with Gasteiger partial charge >= 0.3 is 5.97 Å². The fourth-order valence-corrected chi connectivity index (χ4v) is 5.82. The molecule has 0 aliphatic carbocycles. The lowest BCUT2D eigenvalue weighted by molar-refractivity contribution is -0.140. The van der Waals surface area contributed by atoms with Gasteiger partial charge in [-0.05, 0) is 46.4 Å². The van der Waals surface area contributed by atoms with E-state index in [0.717, 1.165) is 38.4 Å². The van der Waals surface area contributed by atoms with E-state index in [-0.39, 0.29) is 31.7 Å². The van der Waals surface area contributed by atoms with Crippen LogP contribution in [0.1, 0.15) is 36.0 Å². The molecule has 0 aliphatic heterocycles. The fraction of sp³-hybridized carbons (Fsp3) is 0.256. The highest BCUT2D eigenvalue weighted by Gasteiger charge is 2.25. The monoisotopic (exact) mass is 675 g/mol. The van der Waals surface area contributed by atoms with Gasteiger partial charge in [-0.3, -0.25) is 24.0 Å². The van der Waals surface area contributed by atoms with Crippen LogP contribution in [0.4, 0.5) is 0 Å². The molecule has 0 bridgehead atoms. The number of para-hydroxylation sites is 1. The summed E-state index contributed by atoms with van der Waals surface area (Å²) in [7, 11) is 0. The number of H-pyrrole nitrogens is 1. The Morgan fingerprint density at radius 2 is 1.24 bits per heavy atom. The number of fused-ring (bicyclic) bond motifs is 2. The highest BCUT2D eigenvalue weighted by molar-refractivity contribution is 5.93. The van der Waals surface area contributed by atoms with Crippen molar-refractivity contribution in [1.29, 1.82) is 0 Å². The molecule has 5 aromatic rings. The summed E-state index contributed by atoms with van der Waals surface area (Å²) in [5.74, 6) is -3.42. The van der Waals surface area contributed by atoms with Crippen molar-refractivity contribution in [2.24, 2.45) is 0 Å². The van der Waals surface area contributed by atoms with Crippen LogP contribution in [0.25, 0.3) is 21.7 Å². The second-order valence-electron chi connectivity index (χ2n) is 12.2. The van der Waals surface area contributed by atoms with Gasteiger partial charge in [-0.15, -0.1) is 0 Å². The third-order valence-corrected chi connectivity index (χ3v) is 8.44. The Morgan fingerprint density at radius 1 is 0.640 bits per heavy atom. The van der Waals surface area contributed by atoms with Crippen LogP contribution in [-0.4, -0.2) is 64.9 Å². The molecule has 11 heteroatoms. The van der Waals surface area contributed by atoms with E-state index in [9.17, 15) is 29.1 Å². The lowest BCUT2D eigenvalue weighted by atomic mass is 10.0. The van der Waals surface area contributed by atoms with Gasteiger partial charge in [0.1, 0.15) is 12.1 Å². The molecule has 1 heterocycles. The SMILES string of the molecule is O=C(O)C[C@@H](NC(=O)CCC(=O)N[C@@H](Cc1c[nH]c2ccccc12)C(=O)NCCc1ccc2ccccc2c1)C(=O)NCCc1ccccc1. The number of hydrogen-bond acceptors (Lipinski definition) is 5. The van der Waals surface area contributed by atoms with Gasteiger partial charge in [0.25, 0.3) is 0 Å². The van der Waals surface area contributed by atoms with Crippen LogP contribution in [-0.2, 0) is 43.2 Å². The molecular formula is C39H41N5O6. The molecule has 258 valence electrons. The molecule has 50 heavy (non-hydrogen) atoms. The molecule has 0 fully saturated rings. The maximum absolute atomic E-state index is 13.5. The van der Waals surface area contributed by atoms with Gasteiger partial charge in [-0.1, -0.05) is 91.0 Å². The molecule has 5 rings (SSSR count). The highest BCUT2D eigenvalue weighted by Crippen LogP contribution is 2.20. The summed E-state index contributed by atoms with van der Waals surface area (Å²) in [6, 6.07) is 29.1. The number of benzene rings is 4. The van der Waals surface area contributed by atoms with Crippen LogP contribution in [0, 0.1) is 0 Å². The van der Waals surface area contributed by atoms with Crippen LogP contribution >= 0.6 is 0 Å². The number of hydrogen-bond donors (Lipinski definition) is 6. The normalized spacial score (nSPS) is 12.2. The molecule has 4 amide bonds. The largest absolute Gasteiger partial charge is 0.481 e. The van der Waals surface area contributed by atoms with Crippen molar-refractivity contribution in [3.05, 3.63) is 120 Å². The zero-order valence-electron chi connectivity index (χ0n) is 27.6. The minimum Gasteiger partial charge on any atom is -0.481 e. The topological polar surface area (TPSA) is 169 Å². The van der Waals surface area contributed by atoms with E-state index in [2.05, 4.69) is 32.3 Å². The van der Waals surface area contributed by atoms with Crippen molar-refractivity contribution in [2.45, 2.75) is 50.6 Å². The van der Waals surface area contributed by atoms with E-state index >= 15 is 0 Å². The molecule has 11 nitrogen and oxygen atoms in total. The van der Waals surface area contributed by atoms with E-state index in [1.54, 1.807) is 0 Å². The molecule has 6 N–H and O–H groups in total. The Labute approximate surface area is 289 Å². The molecule has 0 unspecified atom stereocenters. The number of rotatable bonds is 17. The van der Waals surface area contributed by atoms with E-state index in [4.69, 9.17) is 0 Å². The molecule has 0 saturated heterocycles. The number of aromatic amines is 1. The molecule has 1 aromatic heterocycles. The zero-order valence-corrected chi connectivity index (χ0v) is 27.6. The summed E-state index contributed by atoms with van der Waals surface area (Å²) in [6.45, 7) is 0.623. The van der Waals surface area contributed by atoms with Crippen LogP contribution in [0.5, 0.6) is 0 Å². The van der Waals surface area contributed by atoms with E-state index < -0.39 is 42.2 Å². The Bertz CT molecular complexity index is 1960. The van der Waals surface area contributed by atoms with Gasteiger partial charge in [0, 0.05) is 49.5 Å². The maximum atomic E-state index is 13.5. The van der Waals surface area contributed by atoms with Crippen molar-refractivity contribution in [3.63, 3.8) is 0 Å². The number of aliphatic carboxylic acids is 1. The molecule has 0 saturated carbocycles.